The van der Waals surface area contributed by atoms with Crippen LogP contribution in [0.2, 0.25) is 0 Å². The molecule has 1 N–H and O–H groups in total. The number of rotatable bonds is 3. The number of aromatic hydroxyl groups is 1. The molecule has 3 heteroatoms. The van der Waals surface area contributed by atoms with Gasteiger partial charge >= 0.3 is 0 Å². The predicted octanol–water partition coefficient (Wildman–Crippen LogP) is 3.26. The number of ketones is 1. The second kappa shape index (κ2) is 6.11. The molecule has 1 radical (unpaired) electrons. The number of aryl methyl sites for hydroxylation is 2. The molecule has 0 bridgehead atoms. The van der Waals surface area contributed by atoms with E-state index in [4.69, 9.17) is 0 Å². The van der Waals surface area contributed by atoms with Crippen LogP contribution >= 0.6 is 0 Å². The Morgan fingerprint density at radius 1 is 1.29 bits per heavy atom. The van der Waals surface area contributed by atoms with E-state index >= 15 is 0 Å². The van der Waals surface area contributed by atoms with Gasteiger partial charge in [-0.2, -0.15) is 0 Å². The van der Waals surface area contributed by atoms with Crippen LogP contribution in [-0.4, -0.2) is 10.9 Å². The van der Waals surface area contributed by atoms with Gasteiger partial charge in [-0.3, -0.25) is 4.79 Å². The summed E-state index contributed by atoms with van der Waals surface area (Å²) < 4.78 is 0. The van der Waals surface area contributed by atoms with Crippen molar-refractivity contribution in [1.29, 1.82) is 0 Å². The number of phenolic OH excluding ortho intramolecular Hbond substituents is 1. The molecule has 0 aliphatic heterocycles. The quantitative estimate of drug-likeness (QED) is 0.930. The van der Waals surface area contributed by atoms with Crippen molar-refractivity contribution < 1.29 is 42.6 Å². The van der Waals surface area contributed by atoms with E-state index in [0.717, 1.165) is 16.7 Å². The van der Waals surface area contributed by atoms with Crippen LogP contribution in [0.1, 0.15) is 43.9 Å². The summed E-state index contributed by atoms with van der Waals surface area (Å²) in [5.74, 6) is 0.438. The molecule has 0 saturated carbocycles. The van der Waals surface area contributed by atoms with Gasteiger partial charge in [0.25, 0.3) is 0 Å². The molecule has 1 aromatic rings. The molecule has 0 aliphatic carbocycles. The van der Waals surface area contributed by atoms with Crippen molar-refractivity contribution in [3.05, 3.63) is 28.8 Å². The van der Waals surface area contributed by atoms with Crippen molar-refractivity contribution in [2.24, 2.45) is 0 Å². The number of hydrogen-bond acceptors (Lipinski definition) is 2. The molecule has 17 heavy (non-hydrogen) atoms. The van der Waals surface area contributed by atoms with Crippen molar-refractivity contribution >= 4 is 5.78 Å². The second-order valence-corrected chi connectivity index (χ2v) is 5.24. The van der Waals surface area contributed by atoms with Crippen LogP contribution in [0.5, 0.6) is 5.75 Å². The molecular formula is C14H20O2Y. The molecule has 0 saturated heterocycles. The van der Waals surface area contributed by atoms with Gasteiger partial charge < -0.3 is 5.11 Å². The Labute approximate surface area is 129 Å². The Morgan fingerprint density at radius 2 is 1.82 bits per heavy atom. The van der Waals surface area contributed by atoms with Gasteiger partial charge in [0.15, 0.2) is 0 Å². The van der Waals surface area contributed by atoms with Crippen molar-refractivity contribution in [3.63, 3.8) is 0 Å². The van der Waals surface area contributed by atoms with Crippen LogP contribution in [0, 0.1) is 13.8 Å². The van der Waals surface area contributed by atoms with E-state index in [-0.39, 0.29) is 43.9 Å². The van der Waals surface area contributed by atoms with E-state index in [0.29, 0.717) is 12.2 Å². The first-order valence-corrected chi connectivity index (χ1v) is 5.54. The molecule has 2 nitrogen and oxygen atoms in total. The average molecular weight is 309 g/mol. The maximum Gasteiger partial charge on any atom is 0.130 e. The van der Waals surface area contributed by atoms with Crippen molar-refractivity contribution in [1.82, 2.24) is 0 Å². The van der Waals surface area contributed by atoms with Crippen LogP contribution in [0.4, 0.5) is 0 Å². The third-order valence-corrected chi connectivity index (χ3v) is 2.83. The number of hydrogen-bond donors (Lipinski definition) is 1. The largest absolute Gasteiger partial charge is 0.508 e. The Kier molecular flexibility index (Phi) is 6.03. The molecule has 1 aromatic carbocycles. The minimum absolute atomic E-state index is 0. The summed E-state index contributed by atoms with van der Waals surface area (Å²) in [6, 6.07) is 3.79. The van der Waals surface area contributed by atoms with Crippen LogP contribution in [-0.2, 0) is 42.9 Å². The first kappa shape index (κ1) is 16.8. The van der Waals surface area contributed by atoms with E-state index in [1.54, 1.807) is 13.0 Å². The van der Waals surface area contributed by atoms with Crippen LogP contribution in [0.15, 0.2) is 12.1 Å². The monoisotopic (exact) mass is 309 g/mol. The van der Waals surface area contributed by atoms with Crippen LogP contribution in [0.3, 0.4) is 0 Å². The zero-order valence-electron chi connectivity index (χ0n) is 11.3. The predicted molar refractivity (Wildman–Crippen MR) is 65.9 cm³/mol. The Balaban J connectivity index is 0.00000256. The number of phenols is 1. The molecule has 0 amide bonds. The third-order valence-electron chi connectivity index (χ3n) is 2.83. The molecule has 0 atom stereocenters. The minimum Gasteiger partial charge on any atom is -0.508 e. The van der Waals surface area contributed by atoms with E-state index in [2.05, 4.69) is 0 Å². The standard InChI is InChI=1S/C14H20O2.Y/c1-9-6-10(2)13(12(16)7-9)14(4,5)8-11(3)15;/h6-7,16H,8H2,1-5H3;. The van der Waals surface area contributed by atoms with E-state index in [1.807, 2.05) is 33.8 Å². The van der Waals surface area contributed by atoms with Crippen molar-refractivity contribution in [3.8, 4) is 5.75 Å². The summed E-state index contributed by atoms with van der Waals surface area (Å²) in [5.41, 5.74) is 2.66. The molecule has 0 spiro atoms. The molecular weight excluding hydrogens is 289 g/mol. The number of carbonyl (C=O) groups is 1. The molecule has 0 aromatic heterocycles. The first-order valence-electron chi connectivity index (χ1n) is 5.54. The van der Waals surface area contributed by atoms with Gasteiger partial charge in [0.05, 0.1) is 0 Å². The van der Waals surface area contributed by atoms with Gasteiger partial charge in [-0.05, 0) is 38.0 Å². The molecule has 0 fully saturated rings. The van der Waals surface area contributed by atoms with Gasteiger partial charge in [-0.15, -0.1) is 0 Å². The zero-order valence-corrected chi connectivity index (χ0v) is 14.1. The maximum absolute atomic E-state index is 11.2. The van der Waals surface area contributed by atoms with Gasteiger partial charge in [0.2, 0.25) is 0 Å². The molecule has 0 unspecified atom stereocenters. The van der Waals surface area contributed by atoms with E-state index in [9.17, 15) is 9.90 Å². The SMILES string of the molecule is CC(=O)CC(C)(C)c1c(C)cc(C)cc1O.[Y]. The van der Waals surface area contributed by atoms with Crippen LogP contribution in [0.25, 0.3) is 0 Å². The molecule has 0 heterocycles. The smallest absolute Gasteiger partial charge is 0.130 e. The van der Waals surface area contributed by atoms with E-state index in [1.165, 1.54) is 0 Å². The second-order valence-electron chi connectivity index (χ2n) is 5.24. The Morgan fingerprint density at radius 3 is 2.24 bits per heavy atom. The fourth-order valence-electron chi connectivity index (χ4n) is 2.54. The summed E-state index contributed by atoms with van der Waals surface area (Å²) in [6.45, 7) is 9.50. The molecule has 0 aliphatic rings. The Hall–Kier alpha value is -0.206. The third kappa shape index (κ3) is 4.19. The summed E-state index contributed by atoms with van der Waals surface area (Å²) in [5, 5.41) is 10.0. The number of benzene rings is 1. The minimum atomic E-state index is -0.312. The van der Waals surface area contributed by atoms with Crippen molar-refractivity contribution in [2.45, 2.75) is 46.5 Å². The summed E-state index contributed by atoms with van der Waals surface area (Å²) in [6.07, 6.45) is 0.449. The summed E-state index contributed by atoms with van der Waals surface area (Å²) >= 11 is 0. The maximum atomic E-state index is 11.2. The number of Topliss-reactive ketones (excluding diaryl/α,β-unsaturated/α-hetero) is 1. The first-order chi connectivity index (χ1) is 7.24. The normalized spacial score (nSPS) is 10.9. The topological polar surface area (TPSA) is 37.3 Å². The van der Waals surface area contributed by atoms with Crippen molar-refractivity contribution in [2.75, 3.05) is 0 Å². The van der Waals surface area contributed by atoms with Crippen LogP contribution < -0.4 is 0 Å². The number of carbonyl (C=O) groups excluding carboxylic acids is 1. The van der Waals surface area contributed by atoms with E-state index < -0.39 is 0 Å². The molecule has 91 valence electrons. The van der Waals surface area contributed by atoms with Gasteiger partial charge in [-0.25, -0.2) is 0 Å². The Bertz CT molecular complexity index is 399. The fourth-order valence-corrected chi connectivity index (χ4v) is 2.54. The zero-order chi connectivity index (χ0) is 12.5. The summed E-state index contributed by atoms with van der Waals surface area (Å²) in [4.78, 5) is 11.2. The van der Waals surface area contributed by atoms with Gasteiger partial charge in [0.1, 0.15) is 11.5 Å². The van der Waals surface area contributed by atoms with Gasteiger partial charge in [0, 0.05) is 50.1 Å². The fraction of sp³-hybridized carbons (Fsp3) is 0.500. The van der Waals surface area contributed by atoms with Gasteiger partial charge in [-0.1, -0.05) is 19.9 Å². The molecule has 1 rings (SSSR count). The average Bonchev–Trinajstić information content (AvgIpc) is 1.96. The summed E-state index contributed by atoms with van der Waals surface area (Å²) in [7, 11) is 0.